The van der Waals surface area contributed by atoms with Gasteiger partial charge in [-0.15, -0.1) is 53.4 Å². The Kier molecular flexibility index (Phi) is 9.16. The number of benzene rings is 5. The second-order valence-corrected chi connectivity index (χ2v) is 19.0. The van der Waals surface area contributed by atoms with E-state index in [2.05, 4.69) is 116 Å². The summed E-state index contributed by atoms with van der Waals surface area (Å²) in [5, 5.41) is 8.80. The van der Waals surface area contributed by atoms with Crippen molar-refractivity contribution in [1.29, 1.82) is 0 Å². The van der Waals surface area contributed by atoms with Gasteiger partial charge in [0, 0.05) is 44.3 Å². The predicted octanol–water partition coefficient (Wildman–Crippen LogP) is 11.4. The third-order valence-electron chi connectivity index (χ3n) is 8.47. The molecule has 47 heavy (non-hydrogen) atoms. The van der Waals surface area contributed by atoms with E-state index in [1.807, 2.05) is 67.9 Å². The molecule has 0 atom stereocenters. The molecule has 2 nitrogen and oxygen atoms in total. The molecule has 0 aliphatic carbocycles. The Morgan fingerprint density at radius 3 is 2.23 bits per heavy atom. The van der Waals surface area contributed by atoms with Gasteiger partial charge in [0.25, 0.3) is 0 Å². The number of fused-ring (bicyclic) bond motifs is 7. The van der Waals surface area contributed by atoms with Crippen molar-refractivity contribution in [3.05, 3.63) is 139 Å². The quantitative estimate of drug-likeness (QED) is 0.131. The Balaban J connectivity index is 0.000000201. The molecule has 0 unspecified atom stereocenters. The Morgan fingerprint density at radius 2 is 1.51 bits per heavy atom. The summed E-state index contributed by atoms with van der Waals surface area (Å²) in [5.41, 5.74) is 4.92. The van der Waals surface area contributed by atoms with Gasteiger partial charge in [0.2, 0.25) is 0 Å². The van der Waals surface area contributed by atoms with Crippen LogP contribution in [0.1, 0.15) is 26.7 Å². The van der Waals surface area contributed by atoms with Gasteiger partial charge >= 0.3 is 0 Å². The fourth-order valence-corrected chi connectivity index (χ4v) is 8.27. The minimum absolute atomic E-state index is 0. The Labute approximate surface area is 297 Å². The minimum Gasteiger partial charge on any atom is -0.305 e. The van der Waals surface area contributed by atoms with E-state index in [-0.39, 0.29) is 20.1 Å². The van der Waals surface area contributed by atoms with Crippen LogP contribution < -0.4 is 5.19 Å². The van der Waals surface area contributed by atoms with Crippen LogP contribution in [-0.2, 0) is 20.1 Å². The van der Waals surface area contributed by atoms with E-state index in [1.54, 1.807) is 0 Å². The van der Waals surface area contributed by atoms with E-state index in [0.29, 0.717) is 0 Å². The van der Waals surface area contributed by atoms with Crippen molar-refractivity contribution >= 4 is 66.3 Å². The first-order valence-electron chi connectivity index (χ1n) is 16.2. The first-order chi connectivity index (χ1) is 22.6. The van der Waals surface area contributed by atoms with Crippen LogP contribution in [0.4, 0.5) is 0 Å². The van der Waals surface area contributed by atoms with Crippen LogP contribution in [-0.4, -0.2) is 18.0 Å². The van der Waals surface area contributed by atoms with Gasteiger partial charge in [0.05, 0.1) is 8.07 Å². The molecule has 5 aromatic carbocycles. The maximum Gasteiger partial charge on any atom is 0.0795 e. The van der Waals surface area contributed by atoms with Crippen molar-refractivity contribution in [3.63, 3.8) is 0 Å². The zero-order valence-electron chi connectivity index (χ0n) is 28.2. The van der Waals surface area contributed by atoms with Gasteiger partial charge in [-0.1, -0.05) is 123 Å². The second kappa shape index (κ2) is 13.6. The maximum atomic E-state index is 8.47. The molecule has 1 radical (unpaired) electrons. The average molecular weight is 822 g/mol. The van der Waals surface area contributed by atoms with E-state index in [4.69, 9.17) is 6.35 Å². The van der Waals surface area contributed by atoms with Crippen molar-refractivity contribution in [2.75, 3.05) is 0 Å². The summed E-state index contributed by atoms with van der Waals surface area (Å²) in [6.07, 6.45) is 3.83. The smallest absolute Gasteiger partial charge is 0.0795 e. The average Bonchev–Trinajstić information content (AvgIpc) is 3.49. The molecule has 8 aromatic rings. The molecule has 0 spiro atoms. The van der Waals surface area contributed by atoms with Gasteiger partial charge in [-0.2, -0.15) is 11.3 Å². The van der Waals surface area contributed by atoms with Gasteiger partial charge in [-0.3, -0.25) is 4.98 Å². The summed E-state index contributed by atoms with van der Waals surface area (Å²) in [4.78, 5) is 9.22. The molecule has 5 heteroatoms. The van der Waals surface area contributed by atoms with Gasteiger partial charge in [0.15, 0.2) is 0 Å². The van der Waals surface area contributed by atoms with Crippen molar-refractivity contribution < 1.29 is 21.5 Å². The number of pyridine rings is 2. The van der Waals surface area contributed by atoms with Gasteiger partial charge in [-0.05, 0) is 49.3 Å². The fourth-order valence-electron chi connectivity index (χ4n) is 5.88. The maximum absolute atomic E-state index is 8.47. The number of aromatic nitrogens is 2. The molecular weight excluding hydrogens is 785 g/mol. The molecule has 8 rings (SSSR count). The molecule has 3 heterocycles. The van der Waals surface area contributed by atoms with Crippen LogP contribution in [0.2, 0.25) is 19.6 Å². The first kappa shape index (κ1) is 31.6. The van der Waals surface area contributed by atoms with E-state index in [1.165, 1.54) is 41.5 Å². The number of hydrogen-bond acceptors (Lipinski definition) is 3. The molecule has 0 aliphatic heterocycles. The van der Waals surface area contributed by atoms with E-state index in [9.17, 15) is 0 Å². The Hall–Kier alpha value is -3.99. The molecule has 235 valence electrons. The second-order valence-electron chi connectivity index (χ2n) is 12.9. The zero-order chi connectivity index (χ0) is 32.8. The summed E-state index contributed by atoms with van der Waals surface area (Å²) >= 11 is 1.82. The third kappa shape index (κ3) is 6.59. The molecule has 0 bridgehead atoms. The first-order valence-corrected chi connectivity index (χ1v) is 20.0. The van der Waals surface area contributed by atoms with Crippen LogP contribution >= 0.6 is 11.3 Å². The summed E-state index contributed by atoms with van der Waals surface area (Å²) in [5.74, 6) is -0.677. The molecule has 0 aliphatic rings. The van der Waals surface area contributed by atoms with Gasteiger partial charge < -0.3 is 4.98 Å². The van der Waals surface area contributed by atoms with Crippen molar-refractivity contribution in [2.45, 2.75) is 39.4 Å². The summed E-state index contributed by atoms with van der Waals surface area (Å²) < 4.78 is 11.0. The number of hydrogen-bond donors (Lipinski definition) is 0. The van der Waals surface area contributed by atoms with Gasteiger partial charge in [-0.25, -0.2) is 0 Å². The standard InChI is InChI=1S/C28H20NS.C14H16NSi.Ir/c1-17(2)19-13-14-29-25(16-19)24-15-20-8-4-5-9-21(20)26-23-12-11-18-7-3-6-10-22(18)27(23)30-28(24)26;1-16(2,3)13-9-10-14(15-11-13)12-7-5-4-6-8-12;/h3-14,16-17H,1-2H3;4-7,9-11H,1-3H3;/q2*-1;/i17D;;. The Morgan fingerprint density at radius 1 is 0.745 bits per heavy atom. The van der Waals surface area contributed by atoms with Crippen LogP contribution in [0.3, 0.4) is 0 Å². The summed E-state index contributed by atoms with van der Waals surface area (Å²) in [6.45, 7) is 10.8. The number of nitrogens with zero attached hydrogens (tertiary/aromatic N) is 2. The molecule has 0 fully saturated rings. The summed E-state index contributed by atoms with van der Waals surface area (Å²) in [6, 6.07) is 44.6. The topological polar surface area (TPSA) is 25.8 Å². The van der Waals surface area contributed by atoms with E-state index >= 15 is 0 Å². The van der Waals surface area contributed by atoms with Crippen LogP contribution in [0, 0.1) is 12.1 Å². The molecule has 0 saturated carbocycles. The van der Waals surface area contributed by atoms with Crippen LogP contribution in [0.15, 0.2) is 122 Å². The van der Waals surface area contributed by atoms with E-state index < -0.39 is 14.0 Å². The molecule has 0 amide bonds. The monoisotopic (exact) mass is 822 g/mol. The van der Waals surface area contributed by atoms with Crippen molar-refractivity contribution in [3.8, 4) is 22.5 Å². The van der Waals surface area contributed by atoms with Crippen molar-refractivity contribution in [1.82, 2.24) is 9.97 Å². The van der Waals surface area contributed by atoms with E-state index in [0.717, 1.165) is 33.5 Å². The third-order valence-corrected chi connectivity index (χ3v) is 11.8. The van der Waals surface area contributed by atoms with Gasteiger partial charge in [0.1, 0.15) is 0 Å². The van der Waals surface area contributed by atoms with Crippen LogP contribution in [0.5, 0.6) is 0 Å². The number of rotatable bonds is 4. The predicted molar refractivity (Wildman–Crippen MR) is 202 cm³/mol. The summed E-state index contributed by atoms with van der Waals surface area (Å²) in [7, 11) is -1.23. The van der Waals surface area contributed by atoms with Crippen molar-refractivity contribution in [2.24, 2.45) is 0 Å². The minimum atomic E-state index is -1.23. The van der Waals surface area contributed by atoms with Crippen LogP contribution in [0.25, 0.3) is 64.2 Å². The normalized spacial score (nSPS) is 12.1. The largest absolute Gasteiger partial charge is 0.305 e. The Bertz CT molecular complexity index is 2370. The number of thiophene rings is 1. The SMILES string of the molecule is C[Si](C)(C)c1ccc(-c2[c-]cccc2)nc1.[2H]C(C)(C)c1ccnc(-c2[c-]c3ccccc3c3c2sc2c4ccccc4ccc23)c1.[Ir]. The fraction of sp³-hybridized carbons (Fsp3) is 0.143. The molecular formula is C42H36IrN2SSi-2. The molecule has 0 saturated heterocycles. The molecule has 0 N–H and O–H groups in total. The zero-order valence-corrected chi connectivity index (χ0v) is 31.4. The molecule has 3 aromatic heterocycles.